The van der Waals surface area contributed by atoms with Gasteiger partial charge in [-0.15, -0.1) is 0 Å². The largest absolute Gasteiger partial charge is 0.459 e. The second-order valence-electron chi connectivity index (χ2n) is 3.96. The molecule has 1 aromatic carbocycles. The molecule has 0 aliphatic heterocycles. The van der Waals surface area contributed by atoms with Gasteiger partial charge in [0.05, 0.1) is 21.1 Å². The van der Waals surface area contributed by atoms with E-state index in [1.165, 1.54) is 0 Å². The van der Waals surface area contributed by atoms with E-state index in [-0.39, 0.29) is 6.04 Å². The maximum atomic E-state index is 6.14. The van der Waals surface area contributed by atoms with Crippen LogP contribution in [-0.4, -0.2) is 7.05 Å². The molecule has 0 aliphatic rings. The lowest BCUT2D eigenvalue weighted by molar-refractivity contribution is 0.458. The van der Waals surface area contributed by atoms with Crippen molar-refractivity contribution in [1.82, 2.24) is 5.32 Å². The number of rotatable bonds is 3. The molecule has 0 fully saturated rings. The third kappa shape index (κ3) is 2.67. The topological polar surface area (TPSA) is 25.2 Å². The summed E-state index contributed by atoms with van der Waals surface area (Å²) < 4.78 is 5.75. The van der Waals surface area contributed by atoms with Crippen LogP contribution in [0, 0.1) is 0 Å². The zero-order valence-electron chi connectivity index (χ0n) is 9.93. The quantitative estimate of drug-likeness (QED) is 0.790. The number of benzene rings is 1. The van der Waals surface area contributed by atoms with Crippen LogP contribution in [0.1, 0.15) is 18.7 Å². The lowest BCUT2D eigenvalue weighted by Gasteiger charge is -2.07. The molecule has 2 rings (SSSR count). The second-order valence-corrected chi connectivity index (χ2v) is 5.18. The fourth-order valence-electron chi connectivity index (χ4n) is 1.58. The van der Waals surface area contributed by atoms with E-state index in [2.05, 4.69) is 5.32 Å². The number of hydrogen-bond acceptors (Lipinski definition) is 2. The highest BCUT2D eigenvalue weighted by atomic mass is 35.5. The molecular weight excluding hydrogens is 293 g/mol. The Morgan fingerprint density at radius 3 is 2.39 bits per heavy atom. The summed E-state index contributed by atoms with van der Waals surface area (Å²) in [5, 5.41) is 4.51. The zero-order chi connectivity index (χ0) is 13.3. The van der Waals surface area contributed by atoms with E-state index in [9.17, 15) is 0 Å². The van der Waals surface area contributed by atoms with Gasteiger partial charge in [-0.25, -0.2) is 0 Å². The van der Waals surface area contributed by atoms with Crippen molar-refractivity contribution in [2.75, 3.05) is 7.05 Å². The Labute approximate surface area is 121 Å². The summed E-state index contributed by atoms with van der Waals surface area (Å²) in [6.07, 6.45) is 0. The van der Waals surface area contributed by atoms with Gasteiger partial charge >= 0.3 is 0 Å². The molecule has 1 unspecified atom stereocenters. The second kappa shape index (κ2) is 5.54. The van der Waals surface area contributed by atoms with Gasteiger partial charge in [0, 0.05) is 5.56 Å². The van der Waals surface area contributed by atoms with Crippen LogP contribution in [0.15, 0.2) is 28.7 Å². The highest BCUT2D eigenvalue weighted by Crippen LogP contribution is 2.36. The Kier molecular flexibility index (Phi) is 4.23. The summed E-state index contributed by atoms with van der Waals surface area (Å²) in [4.78, 5) is 0. The molecular formula is C13H12Cl3NO. The minimum atomic E-state index is 0.139. The summed E-state index contributed by atoms with van der Waals surface area (Å²) in [5.41, 5.74) is 0.737. The first kappa shape index (κ1) is 13.8. The molecule has 5 heteroatoms. The molecule has 0 aliphatic carbocycles. The first-order valence-corrected chi connectivity index (χ1v) is 6.58. The molecule has 96 valence electrons. The Morgan fingerprint density at radius 1 is 1.06 bits per heavy atom. The first-order chi connectivity index (χ1) is 8.52. The van der Waals surface area contributed by atoms with Crippen LogP contribution in [0.2, 0.25) is 15.1 Å². The zero-order valence-corrected chi connectivity index (χ0v) is 12.2. The molecule has 18 heavy (non-hydrogen) atoms. The highest BCUT2D eigenvalue weighted by molar-refractivity contribution is 6.44. The average Bonchev–Trinajstić information content (AvgIpc) is 2.82. The lowest BCUT2D eigenvalue weighted by atomic mass is 10.2. The molecule has 0 bridgehead atoms. The van der Waals surface area contributed by atoms with Crippen molar-refractivity contribution in [3.05, 3.63) is 45.1 Å². The molecule has 0 radical (unpaired) electrons. The van der Waals surface area contributed by atoms with Crippen molar-refractivity contribution in [1.29, 1.82) is 0 Å². The molecule has 2 nitrogen and oxygen atoms in total. The smallest absolute Gasteiger partial charge is 0.135 e. The van der Waals surface area contributed by atoms with Crippen LogP contribution >= 0.6 is 34.8 Å². The first-order valence-electron chi connectivity index (χ1n) is 5.45. The predicted octanol–water partition coefficient (Wildman–Crippen LogP) is 5.19. The fourth-order valence-corrected chi connectivity index (χ4v) is 2.22. The molecule has 1 aromatic heterocycles. The average molecular weight is 305 g/mol. The van der Waals surface area contributed by atoms with Crippen molar-refractivity contribution in [3.8, 4) is 11.3 Å². The van der Waals surface area contributed by atoms with Gasteiger partial charge in [0.25, 0.3) is 0 Å². The molecule has 1 N–H and O–H groups in total. The molecule has 0 amide bonds. The Bertz CT molecular complexity index is 565. The van der Waals surface area contributed by atoms with Crippen LogP contribution in [0.25, 0.3) is 11.3 Å². The Hall–Kier alpha value is -0.670. The summed E-state index contributed by atoms with van der Waals surface area (Å²) in [6.45, 7) is 2.01. The van der Waals surface area contributed by atoms with Crippen molar-refractivity contribution in [2.24, 2.45) is 0 Å². The van der Waals surface area contributed by atoms with Crippen molar-refractivity contribution in [3.63, 3.8) is 0 Å². The van der Waals surface area contributed by atoms with Gasteiger partial charge in [-0.1, -0.05) is 34.8 Å². The highest BCUT2D eigenvalue weighted by Gasteiger charge is 2.13. The number of halogens is 3. The summed E-state index contributed by atoms with van der Waals surface area (Å²) in [6, 6.07) is 7.24. The molecule has 0 saturated heterocycles. The van der Waals surface area contributed by atoms with Crippen molar-refractivity contribution in [2.45, 2.75) is 13.0 Å². The maximum absolute atomic E-state index is 6.14. The minimum Gasteiger partial charge on any atom is -0.459 e. The van der Waals surface area contributed by atoms with Crippen LogP contribution in [-0.2, 0) is 0 Å². The van der Waals surface area contributed by atoms with Crippen molar-refractivity contribution < 1.29 is 4.42 Å². The molecule has 0 spiro atoms. The van der Waals surface area contributed by atoms with E-state index in [0.717, 1.165) is 11.3 Å². The van der Waals surface area contributed by atoms with Gasteiger partial charge in [0.15, 0.2) is 0 Å². The molecule has 1 heterocycles. The van der Waals surface area contributed by atoms with Gasteiger partial charge < -0.3 is 9.73 Å². The summed E-state index contributed by atoms with van der Waals surface area (Å²) in [5.74, 6) is 1.52. The van der Waals surface area contributed by atoms with Gasteiger partial charge in [0.1, 0.15) is 11.5 Å². The SMILES string of the molecule is CNC(C)c1ccc(-c2cc(Cl)c(Cl)cc2Cl)o1. The van der Waals surface area contributed by atoms with E-state index < -0.39 is 0 Å². The van der Waals surface area contributed by atoms with Crippen molar-refractivity contribution >= 4 is 34.8 Å². The molecule has 1 atom stereocenters. The van der Waals surface area contributed by atoms with Crippen LogP contribution in [0.5, 0.6) is 0 Å². The predicted molar refractivity (Wildman–Crippen MR) is 76.6 cm³/mol. The van der Waals surface area contributed by atoms with E-state index in [1.54, 1.807) is 12.1 Å². The van der Waals surface area contributed by atoms with Gasteiger partial charge in [-0.05, 0) is 38.2 Å². The van der Waals surface area contributed by atoms with Crippen LogP contribution in [0.3, 0.4) is 0 Å². The Morgan fingerprint density at radius 2 is 1.72 bits per heavy atom. The monoisotopic (exact) mass is 303 g/mol. The third-order valence-corrected chi connectivity index (χ3v) is 3.80. The molecule has 2 aromatic rings. The van der Waals surface area contributed by atoms with E-state index in [0.29, 0.717) is 20.8 Å². The van der Waals surface area contributed by atoms with Crippen LogP contribution in [0.4, 0.5) is 0 Å². The third-order valence-electron chi connectivity index (χ3n) is 2.76. The van der Waals surface area contributed by atoms with E-state index in [1.807, 2.05) is 26.1 Å². The van der Waals surface area contributed by atoms with Crippen LogP contribution < -0.4 is 5.32 Å². The standard InChI is InChI=1S/C13H12Cl3NO/c1-7(17-2)12-3-4-13(18-12)8-5-10(15)11(16)6-9(8)14/h3-7,17H,1-2H3. The summed E-state index contributed by atoms with van der Waals surface area (Å²) >= 11 is 18.0. The lowest BCUT2D eigenvalue weighted by Crippen LogP contribution is -2.10. The van der Waals surface area contributed by atoms with Gasteiger partial charge in [-0.3, -0.25) is 0 Å². The van der Waals surface area contributed by atoms with E-state index >= 15 is 0 Å². The minimum absolute atomic E-state index is 0.139. The number of hydrogen-bond donors (Lipinski definition) is 1. The van der Waals surface area contributed by atoms with Gasteiger partial charge in [-0.2, -0.15) is 0 Å². The fraction of sp³-hybridized carbons (Fsp3) is 0.231. The Balaban J connectivity index is 2.43. The van der Waals surface area contributed by atoms with Gasteiger partial charge in [0.2, 0.25) is 0 Å². The summed E-state index contributed by atoms with van der Waals surface area (Å²) in [7, 11) is 1.87. The molecule has 0 saturated carbocycles. The number of furan rings is 1. The number of nitrogens with one attached hydrogen (secondary N) is 1. The normalized spacial score (nSPS) is 12.7. The maximum Gasteiger partial charge on any atom is 0.135 e. The van der Waals surface area contributed by atoms with E-state index in [4.69, 9.17) is 39.2 Å².